The van der Waals surface area contributed by atoms with Crippen molar-refractivity contribution in [3.63, 3.8) is 0 Å². The third kappa shape index (κ3) is 3.68. The minimum absolute atomic E-state index is 0.164. The van der Waals surface area contributed by atoms with Crippen LogP contribution < -0.4 is 5.32 Å². The van der Waals surface area contributed by atoms with Crippen LogP contribution in [-0.4, -0.2) is 0 Å². The smallest absolute Gasteiger partial charge is 0.137 e. The van der Waals surface area contributed by atoms with Crippen molar-refractivity contribution in [2.24, 2.45) is 0 Å². The summed E-state index contributed by atoms with van der Waals surface area (Å²) in [5.41, 5.74) is 2.36. The van der Waals surface area contributed by atoms with Crippen molar-refractivity contribution in [2.75, 3.05) is 0 Å². The fourth-order valence-corrected chi connectivity index (χ4v) is 2.71. The lowest BCUT2D eigenvalue weighted by atomic mass is 10.0. The summed E-state index contributed by atoms with van der Waals surface area (Å²) in [6.45, 7) is 4.27. The second-order valence-electron chi connectivity index (χ2n) is 4.93. The molecule has 0 aliphatic carbocycles. The molecule has 1 N–H and O–H groups in total. The van der Waals surface area contributed by atoms with Gasteiger partial charge in [0.15, 0.2) is 0 Å². The van der Waals surface area contributed by atoms with Gasteiger partial charge in [0.1, 0.15) is 5.82 Å². The summed E-state index contributed by atoms with van der Waals surface area (Å²) in [4.78, 5) is 0. The van der Waals surface area contributed by atoms with Gasteiger partial charge in [0.05, 0.1) is 4.47 Å². The molecule has 20 heavy (non-hydrogen) atoms. The summed E-state index contributed by atoms with van der Waals surface area (Å²) in [5.74, 6) is -0.226. The van der Waals surface area contributed by atoms with Gasteiger partial charge in [-0.2, -0.15) is 0 Å². The Labute approximate surface area is 128 Å². The van der Waals surface area contributed by atoms with E-state index in [1.165, 1.54) is 11.6 Å². The Kier molecular flexibility index (Phi) is 5.32. The fourth-order valence-electron chi connectivity index (χ4n) is 2.31. The maximum atomic E-state index is 13.3. The van der Waals surface area contributed by atoms with Gasteiger partial charge in [0, 0.05) is 12.1 Å². The molecule has 1 nitrogen and oxygen atoms in total. The molecule has 2 atom stereocenters. The first-order valence-corrected chi connectivity index (χ1v) is 7.67. The van der Waals surface area contributed by atoms with E-state index in [1.807, 2.05) is 18.2 Å². The van der Waals surface area contributed by atoms with E-state index in [0.29, 0.717) is 10.5 Å². The molecule has 2 rings (SSSR count). The third-order valence-corrected chi connectivity index (χ3v) is 4.11. The third-order valence-electron chi connectivity index (χ3n) is 3.51. The largest absolute Gasteiger partial charge is 0.303 e. The summed E-state index contributed by atoms with van der Waals surface area (Å²) in [6, 6.07) is 16.0. The summed E-state index contributed by atoms with van der Waals surface area (Å²) in [7, 11) is 0. The Morgan fingerprint density at radius 3 is 2.40 bits per heavy atom. The summed E-state index contributed by atoms with van der Waals surface area (Å²) in [5, 5.41) is 3.60. The number of hydrogen-bond acceptors (Lipinski definition) is 1. The molecule has 0 saturated heterocycles. The van der Waals surface area contributed by atoms with Crippen molar-refractivity contribution >= 4 is 15.9 Å². The number of benzene rings is 2. The van der Waals surface area contributed by atoms with Gasteiger partial charge < -0.3 is 5.32 Å². The molecular formula is C17H19BrFN. The van der Waals surface area contributed by atoms with E-state index in [2.05, 4.69) is 59.4 Å². The first-order valence-electron chi connectivity index (χ1n) is 6.87. The van der Waals surface area contributed by atoms with Crippen LogP contribution in [0.3, 0.4) is 0 Å². The lowest BCUT2D eigenvalue weighted by molar-refractivity contribution is 0.456. The fraction of sp³-hybridized carbons (Fsp3) is 0.294. The van der Waals surface area contributed by atoms with Gasteiger partial charge in [-0.15, -0.1) is 0 Å². The molecule has 0 spiro atoms. The highest BCUT2D eigenvalue weighted by atomic mass is 79.9. The Hall–Kier alpha value is -1.19. The Morgan fingerprint density at radius 2 is 1.80 bits per heavy atom. The van der Waals surface area contributed by atoms with Crippen LogP contribution in [0.5, 0.6) is 0 Å². The van der Waals surface area contributed by atoms with Gasteiger partial charge in [-0.1, -0.05) is 43.3 Å². The molecule has 0 aromatic heterocycles. The molecule has 2 unspecified atom stereocenters. The van der Waals surface area contributed by atoms with Gasteiger partial charge in [0.2, 0.25) is 0 Å². The average Bonchev–Trinajstić information content (AvgIpc) is 2.48. The maximum absolute atomic E-state index is 13.3. The molecule has 0 saturated carbocycles. The van der Waals surface area contributed by atoms with Crippen LogP contribution in [0.1, 0.15) is 43.5 Å². The predicted molar refractivity (Wildman–Crippen MR) is 85.1 cm³/mol. The minimum atomic E-state index is -0.226. The molecule has 0 bridgehead atoms. The topological polar surface area (TPSA) is 12.0 Å². The van der Waals surface area contributed by atoms with Gasteiger partial charge in [-0.05, 0) is 52.5 Å². The monoisotopic (exact) mass is 335 g/mol. The molecule has 106 valence electrons. The molecule has 0 aliphatic rings. The SMILES string of the molecule is CCC(NC(C)c1ccc(F)c(Br)c1)c1ccccc1. The molecule has 0 aliphatic heterocycles. The lowest BCUT2D eigenvalue weighted by Crippen LogP contribution is -2.24. The Morgan fingerprint density at radius 1 is 1.10 bits per heavy atom. The summed E-state index contributed by atoms with van der Waals surface area (Å²) in [6.07, 6.45) is 1.01. The van der Waals surface area contributed by atoms with E-state index < -0.39 is 0 Å². The summed E-state index contributed by atoms with van der Waals surface area (Å²) >= 11 is 3.24. The minimum Gasteiger partial charge on any atom is -0.303 e. The number of halogens is 2. The van der Waals surface area contributed by atoms with E-state index in [4.69, 9.17) is 0 Å². The van der Waals surface area contributed by atoms with Crippen molar-refractivity contribution in [3.05, 3.63) is 69.9 Å². The zero-order chi connectivity index (χ0) is 14.5. The molecule has 0 radical (unpaired) electrons. The van der Waals surface area contributed by atoms with Gasteiger partial charge in [-0.25, -0.2) is 4.39 Å². The normalized spacial score (nSPS) is 14.0. The molecule has 2 aromatic rings. The van der Waals surface area contributed by atoms with Crippen LogP contribution in [0.4, 0.5) is 4.39 Å². The second-order valence-corrected chi connectivity index (χ2v) is 5.79. The quantitative estimate of drug-likeness (QED) is 0.772. The molecule has 0 fully saturated rings. The van der Waals surface area contributed by atoms with E-state index in [9.17, 15) is 4.39 Å². The van der Waals surface area contributed by atoms with Gasteiger partial charge in [-0.3, -0.25) is 0 Å². The predicted octanol–water partition coefficient (Wildman–Crippen LogP) is 5.39. The lowest BCUT2D eigenvalue weighted by Gasteiger charge is -2.23. The standard InChI is InChI=1S/C17H19BrFN/c1-3-17(13-7-5-4-6-8-13)20-12(2)14-9-10-16(19)15(18)11-14/h4-12,17,20H,3H2,1-2H3. The molecule has 3 heteroatoms. The molecular weight excluding hydrogens is 317 g/mol. The van der Waals surface area contributed by atoms with E-state index in [1.54, 1.807) is 0 Å². The average molecular weight is 336 g/mol. The highest BCUT2D eigenvalue weighted by Crippen LogP contribution is 2.25. The number of hydrogen-bond donors (Lipinski definition) is 1. The van der Waals surface area contributed by atoms with Crippen LogP contribution in [0.2, 0.25) is 0 Å². The number of rotatable bonds is 5. The van der Waals surface area contributed by atoms with Crippen LogP contribution in [0.15, 0.2) is 53.0 Å². The Balaban J connectivity index is 2.13. The molecule has 2 aromatic carbocycles. The van der Waals surface area contributed by atoms with Crippen LogP contribution in [-0.2, 0) is 0 Å². The first-order chi connectivity index (χ1) is 9.61. The van der Waals surface area contributed by atoms with Gasteiger partial charge >= 0.3 is 0 Å². The van der Waals surface area contributed by atoms with Crippen LogP contribution in [0.25, 0.3) is 0 Å². The van der Waals surface area contributed by atoms with E-state index >= 15 is 0 Å². The highest BCUT2D eigenvalue weighted by molar-refractivity contribution is 9.10. The van der Waals surface area contributed by atoms with Crippen molar-refractivity contribution < 1.29 is 4.39 Å². The zero-order valence-electron chi connectivity index (χ0n) is 11.7. The molecule has 0 amide bonds. The van der Waals surface area contributed by atoms with Crippen molar-refractivity contribution in [3.8, 4) is 0 Å². The van der Waals surface area contributed by atoms with Gasteiger partial charge in [0.25, 0.3) is 0 Å². The van der Waals surface area contributed by atoms with Crippen LogP contribution in [0, 0.1) is 5.82 Å². The number of nitrogens with one attached hydrogen (secondary N) is 1. The van der Waals surface area contributed by atoms with Crippen LogP contribution >= 0.6 is 15.9 Å². The summed E-state index contributed by atoms with van der Waals surface area (Å²) < 4.78 is 13.8. The van der Waals surface area contributed by atoms with E-state index in [0.717, 1.165) is 12.0 Å². The maximum Gasteiger partial charge on any atom is 0.137 e. The van der Waals surface area contributed by atoms with E-state index in [-0.39, 0.29) is 11.9 Å². The molecule has 0 heterocycles. The highest BCUT2D eigenvalue weighted by Gasteiger charge is 2.14. The van der Waals surface area contributed by atoms with Crippen molar-refractivity contribution in [1.82, 2.24) is 5.32 Å². The van der Waals surface area contributed by atoms with Crippen molar-refractivity contribution in [1.29, 1.82) is 0 Å². The van der Waals surface area contributed by atoms with Crippen molar-refractivity contribution in [2.45, 2.75) is 32.4 Å². The first kappa shape index (κ1) is 15.2. The second kappa shape index (κ2) is 7.00. The Bertz CT molecular complexity index is 556. The zero-order valence-corrected chi connectivity index (χ0v) is 13.3.